The van der Waals surface area contributed by atoms with Gasteiger partial charge in [0, 0.05) is 32.4 Å². The number of ether oxygens (including phenoxy) is 1. The van der Waals surface area contributed by atoms with E-state index >= 15 is 0 Å². The average Bonchev–Trinajstić information content (AvgIpc) is 2.39. The van der Waals surface area contributed by atoms with Crippen molar-refractivity contribution in [1.29, 1.82) is 0 Å². The number of carbonyl (C=O) groups is 1. The Hall–Kier alpha value is -1.57. The maximum Gasteiger partial charge on any atom is 0.339 e. The van der Waals surface area contributed by atoms with E-state index in [1.807, 2.05) is 0 Å². The van der Waals surface area contributed by atoms with Gasteiger partial charge in [-0.15, -0.1) is 0 Å². The summed E-state index contributed by atoms with van der Waals surface area (Å²) in [6.45, 7) is 3.63. The average molecular weight is 266 g/mol. The van der Waals surface area contributed by atoms with Gasteiger partial charge in [0.1, 0.15) is 11.9 Å². The number of rotatable bonds is 5. The molecule has 0 amide bonds. The normalized spacial score (nSPS) is 20.4. The van der Waals surface area contributed by atoms with E-state index in [1.54, 1.807) is 0 Å². The van der Waals surface area contributed by atoms with Gasteiger partial charge in [-0.3, -0.25) is 0 Å². The summed E-state index contributed by atoms with van der Waals surface area (Å²) in [4.78, 5) is 20.9. The molecule has 7 nitrogen and oxygen atoms in total. The third-order valence-corrected chi connectivity index (χ3v) is 3.03. The zero-order valence-electron chi connectivity index (χ0n) is 10.9. The van der Waals surface area contributed by atoms with Crippen molar-refractivity contribution in [3.8, 4) is 0 Å². The maximum absolute atomic E-state index is 11.0. The molecule has 0 aromatic carbocycles. The lowest BCUT2D eigenvalue weighted by Gasteiger charge is -2.30. The molecule has 1 aromatic rings. The van der Waals surface area contributed by atoms with Crippen molar-refractivity contribution < 1.29 is 14.6 Å². The van der Waals surface area contributed by atoms with Crippen LogP contribution in [0.25, 0.3) is 0 Å². The molecule has 0 bridgehead atoms. The fourth-order valence-electron chi connectivity index (χ4n) is 2.02. The molecule has 1 aliphatic rings. The minimum atomic E-state index is -1.01. The molecule has 1 aromatic heterocycles. The van der Waals surface area contributed by atoms with Crippen LogP contribution >= 0.6 is 0 Å². The molecule has 1 atom stereocenters. The highest BCUT2D eigenvalue weighted by Gasteiger charge is 2.17. The largest absolute Gasteiger partial charge is 0.478 e. The molecular formula is C12H18N4O3. The molecule has 1 saturated heterocycles. The summed E-state index contributed by atoms with van der Waals surface area (Å²) in [5, 5.41) is 12.2. The van der Waals surface area contributed by atoms with Gasteiger partial charge in [-0.1, -0.05) is 0 Å². The van der Waals surface area contributed by atoms with Crippen molar-refractivity contribution in [3.63, 3.8) is 0 Å². The summed E-state index contributed by atoms with van der Waals surface area (Å²) in [6, 6.07) is 0. The number of morpholine rings is 1. The van der Waals surface area contributed by atoms with Crippen molar-refractivity contribution >= 4 is 5.97 Å². The molecule has 104 valence electrons. The van der Waals surface area contributed by atoms with Gasteiger partial charge in [0.15, 0.2) is 0 Å². The Morgan fingerprint density at radius 3 is 3.26 bits per heavy atom. The predicted molar refractivity (Wildman–Crippen MR) is 67.9 cm³/mol. The van der Waals surface area contributed by atoms with Crippen LogP contribution in [0.15, 0.2) is 12.5 Å². The first kappa shape index (κ1) is 13.9. The van der Waals surface area contributed by atoms with Crippen LogP contribution in [0.3, 0.4) is 0 Å². The highest BCUT2D eigenvalue weighted by Crippen LogP contribution is 2.05. The number of nitrogens with zero attached hydrogens (tertiary/aromatic N) is 3. The van der Waals surface area contributed by atoms with E-state index in [0.29, 0.717) is 18.8 Å². The highest BCUT2D eigenvalue weighted by molar-refractivity contribution is 5.88. The molecule has 7 heteroatoms. The molecule has 0 spiro atoms. The van der Waals surface area contributed by atoms with Crippen molar-refractivity contribution in [2.75, 3.05) is 33.3 Å². The molecule has 19 heavy (non-hydrogen) atoms. The second kappa shape index (κ2) is 6.55. The van der Waals surface area contributed by atoms with E-state index in [0.717, 1.165) is 19.7 Å². The summed E-state index contributed by atoms with van der Waals surface area (Å²) in [6.07, 6.45) is 2.81. The number of carboxylic acid groups (broad SMARTS) is 1. The quantitative estimate of drug-likeness (QED) is 0.749. The van der Waals surface area contributed by atoms with E-state index in [9.17, 15) is 4.79 Å². The lowest BCUT2D eigenvalue weighted by Crippen LogP contribution is -2.44. The summed E-state index contributed by atoms with van der Waals surface area (Å²) < 4.78 is 5.61. The van der Waals surface area contributed by atoms with E-state index in [-0.39, 0.29) is 11.7 Å². The SMILES string of the molecule is CN1CCOC(CNCc2ncncc2C(=O)O)C1. The molecule has 1 unspecified atom stereocenters. The number of aromatic carboxylic acids is 1. The van der Waals surface area contributed by atoms with E-state index < -0.39 is 5.97 Å². The molecule has 2 N–H and O–H groups in total. The Bertz CT molecular complexity index is 441. The first-order valence-corrected chi connectivity index (χ1v) is 6.20. The second-order valence-electron chi connectivity index (χ2n) is 4.57. The zero-order valence-corrected chi connectivity index (χ0v) is 10.9. The molecule has 2 heterocycles. The minimum absolute atomic E-state index is 0.133. The van der Waals surface area contributed by atoms with Gasteiger partial charge in [0.05, 0.1) is 18.4 Å². The number of likely N-dealkylation sites (N-methyl/N-ethyl adjacent to an activating group) is 1. The minimum Gasteiger partial charge on any atom is -0.478 e. The third kappa shape index (κ3) is 3.95. The van der Waals surface area contributed by atoms with Crippen LogP contribution in [0.4, 0.5) is 0 Å². The Labute approximate surface area is 111 Å². The monoisotopic (exact) mass is 266 g/mol. The standard InChI is InChI=1S/C12H18N4O3/c1-16-2-3-19-9(7-16)4-13-6-11-10(12(17)18)5-14-8-15-11/h5,8-9,13H,2-4,6-7H2,1H3,(H,17,18). The molecule has 0 saturated carbocycles. The topological polar surface area (TPSA) is 87.6 Å². The highest BCUT2D eigenvalue weighted by atomic mass is 16.5. The smallest absolute Gasteiger partial charge is 0.339 e. The predicted octanol–water partition coefficient (Wildman–Crippen LogP) is -0.405. The van der Waals surface area contributed by atoms with E-state index in [4.69, 9.17) is 9.84 Å². The van der Waals surface area contributed by atoms with Crippen LogP contribution in [-0.4, -0.2) is 65.3 Å². The third-order valence-electron chi connectivity index (χ3n) is 3.03. The van der Waals surface area contributed by atoms with Crippen LogP contribution in [0.2, 0.25) is 0 Å². The first-order chi connectivity index (χ1) is 9.16. The molecule has 0 aliphatic carbocycles. The lowest BCUT2D eigenvalue weighted by atomic mass is 10.2. The van der Waals surface area contributed by atoms with E-state index in [1.165, 1.54) is 12.5 Å². The van der Waals surface area contributed by atoms with Gasteiger partial charge in [-0.2, -0.15) is 0 Å². The number of carboxylic acids is 1. The van der Waals surface area contributed by atoms with E-state index in [2.05, 4.69) is 27.2 Å². The molecule has 0 radical (unpaired) electrons. The van der Waals surface area contributed by atoms with Crippen LogP contribution in [-0.2, 0) is 11.3 Å². The number of hydrogen-bond donors (Lipinski definition) is 2. The van der Waals surface area contributed by atoms with Crippen LogP contribution in [0, 0.1) is 0 Å². The van der Waals surface area contributed by atoms with Crippen molar-refractivity contribution in [2.45, 2.75) is 12.6 Å². The summed E-state index contributed by atoms with van der Waals surface area (Å²) in [5.41, 5.74) is 0.628. The van der Waals surface area contributed by atoms with Gasteiger partial charge < -0.3 is 20.1 Å². The van der Waals surface area contributed by atoms with Crippen LogP contribution in [0.1, 0.15) is 16.1 Å². The number of nitrogens with one attached hydrogen (secondary N) is 1. The maximum atomic E-state index is 11.0. The Morgan fingerprint density at radius 2 is 2.53 bits per heavy atom. The molecule has 2 rings (SSSR count). The first-order valence-electron chi connectivity index (χ1n) is 6.20. The van der Waals surface area contributed by atoms with Gasteiger partial charge in [-0.25, -0.2) is 14.8 Å². The van der Waals surface area contributed by atoms with Crippen LogP contribution in [0.5, 0.6) is 0 Å². The molecular weight excluding hydrogens is 248 g/mol. The number of aromatic nitrogens is 2. The molecule has 1 fully saturated rings. The molecule has 1 aliphatic heterocycles. The number of hydrogen-bond acceptors (Lipinski definition) is 6. The Balaban J connectivity index is 1.84. The van der Waals surface area contributed by atoms with Gasteiger partial charge >= 0.3 is 5.97 Å². The van der Waals surface area contributed by atoms with Gasteiger partial charge in [-0.05, 0) is 7.05 Å². The van der Waals surface area contributed by atoms with Crippen molar-refractivity contribution in [1.82, 2.24) is 20.2 Å². The van der Waals surface area contributed by atoms with Crippen molar-refractivity contribution in [3.05, 3.63) is 23.8 Å². The Morgan fingerprint density at radius 1 is 1.68 bits per heavy atom. The summed E-state index contributed by atoms with van der Waals surface area (Å²) in [5.74, 6) is -1.01. The van der Waals surface area contributed by atoms with Crippen molar-refractivity contribution in [2.24, 2.45) is 0 Å². The van der Waals surface area contributed by atoms with Gasteiger partial charge in [0.25, 0.3) is 0 Å². The zero-order chi connectivity index (χ0) is 13.7. The fraction of sp³-hybridized carbons (Fsp3) is 0.583. The summed E-state index contributed by atoms with van der Waals surface area (Å²) in [7, 11) is 2.06. The van der Waals surface area contributed by atoms with Gasteiger partial charge in [0.2, 0.25) is 0 Å². The van der Waals surface area contributed by atoms with Crippen LogP contribution < -0.4 is 5.32 Å². The fourth-order valence-corrected chi connectivity index (χ4v) is 2.02. The summed E-state index contributed by atoms with van der Waals surface area (Å²) >= 11 is 0. The Kier molecular flexibility index (Phi) is 4.78. The second-order valence-corrected chi connectivity index (χ2v) is 4.57. The lowest BCUT2D eigenvalue weighted by molar-refractivity contribution is -0.0182.